The van der Waals surface area contributed by atoms with Gasteiger partial charge in [-0.2, -0.15) is 0 Å². The average molecular weight is 391 g/mol. The molecule has 6 heteroatoms. The second-order valence-electron chi connectivity index (χ2n) is 8.15. The molecule has 0 amide bonds. The van der Waals surface area contributed by atoms with E-state index >= 15 is 0 Å². The molecule has 1 fully saturated rings. The van der Waals surface area contributed by atoms with Gasteiger partial charge in [-0.15, -0.1) is 0 Å². The second-order valence-corrected chi connectivity index (χ2v) is 12.1. The number of fused-ring (bicyclic) bond motifs is 2. The van der Waals surface area contributed by atoms with E-state index < -0.39 is 7.41 Å². The third kappa shape index (κ3) is 2.36. The third-order valence-corrected chi connectivity index (χ3v) is 11.2. The first-order valence-corrected chi connectivity index (χ1v) is 11.8. The summed E-state index contributed by atoms with van der Waals surface area (Å²) in [5.74, 6) is 0. The van der Waals surface area contributed by atoms with Crippen molar-refractivity contribution in [2.45, 2.75) is 11.3 Å². The number of aromatic nitrogens is 3. The zero-order valence-electron chi connectivity index (χ0n) is 16.7. The molecule has 2 aromatic carbocycles. The molecule has 5 rings (SSSR count). The molecule has 1 aliphatic carbocycles. The van der Waals surface area contributed by atoms with Gasteiger partial charge in [-0.05, 0) is 0 Å². The Morgan fingerprint density at radius 3 is 2.36 bits per heavy atom. The van der Waals surface area contributed by atoms with Crippen LogP contribution in [0.15, 0.2) is 72.5 Å². The topological polar surface area (TPSA) is 37.2 Å². The van der Waals surface area contributed by atoms with E-state index in [4.69, 9.17) is 5.21 Å². The number of anilines is 1. The number of allylic oxidation sites excluding steroid dienone is 3. The summed E-state index contributed by atoms with van der Waals surface area (Å²) >= 11 is 0. The van der Waals surface area contributed by atoms with E-state index in [2.05, 4.69) is 108 Å². The quantitative estimate of drug-likeness (QED) is 0.641. The SMILES string of the molecule is CN(C)C1=CC2C(C=C1)[PH]2(c1ccc(N(C)C)cc1)n1nnc2ccccc21. The van der Waals surface area contributed by atoms with E-state index in [-0.39, 0.29) is 0 Å². The van der Waals surface area contributed by atoms with E-state index in [0.29, 0.717) is 11.3 Å². The molecule has 0 bridgehead atoms. The maximum atomic E-state index is 4.70. The number of benzene rings is 2. The first kappa shape index (κ1) is 17.4. The Bertz CT molecular complexity index is 1100. The van der Waals surface area contributed by atoms with Crippen molar-refractivity contribution in [3.63, 3.8) is 0 Å². The molecule has 2 atom stereocenters. The van der Waals surface area contributed by atoms with Gasteiger partial charge in [-0.25, -0.2) is 0 Å². The predicted octanol–water partition coefficient (Wildman–Crippen LogP) is 3.10. The summed E-state index contributed by atoms with van der Waals surface area (Å²) in [5.41, 5.74) is 5.65. The summed E-state index contributed by atoms with van der Waals surface area (Å²) in [6.07, 6.45) is 7.12. The Kier molecular flexibility index (Phi) is 3.85. The molecular weight excluding hydrogens is 365 g/mol. The molecule has 2 aliphatic rings. The fourth-order valence-electron chi connectivity index (χ4n) is 4.62. The zero-order chi connectivity index (χ0) is 19.5. The van der Waals surface area contributed by atoms with Gasteiger partial charge in [0, 0.05) is 0 Å². The number of nitrogens with zero attached hydrogens (tertiary/aromatic N) is 5. The summed E-state index contributed by atoms with van der Waals surface area (Å²) in [4.78, 5) is 4.34. The number of hydrogen-bond donors (Lipinski definition) is 0. The molecule has 1 saturated heterocycles. The first-order chi connectivity index (χ1) is 13.5. The number of likely N-dealkylation sites (N-methyl/N-ethyl adjacent to an activating group) is 1. The molecule has 0 radical (unpaired) electrons. The number of rotatable bonds is 4. The van der Waals surface area contributed by atoms with Crippen molar-refractivity contribution in [3.8, 4) is 0 Å². The van der Waals surface area contributed by atoms with Crippen molar-refractivity contribution in [1.82, 2.24) is 19.7 Å². The van der Waals surface area contributed by atoms with Gasteiger partial charge in [0.15, 0.2) is 0 Å². The van der Waals surface area contributed by atoms with Crippen LogP contribution in [0.4, 0.5) is 5.69 Å². The summed E-state index contributed by atoms with van der Waals surface area (Å²) in [6, 6.07) is 17.4. The van der Waals surface area contributed by atoms with Gasteiger partial charge < -0.3 is 0 Å². The van der Waals surface area contributed by atoms with Crippen molar-refractivity contribution in [3.05, 3.63) is 72.5 Å². The van der Waals surface area contributed by atoms with E-state index in [9.17, 15) is 0 Å². The Morgan fingerprint density at radius 1 is 0.893 bits per heavy atom. The van der Waals surface area contributed by atoms with Crippen molar-refractivity contribution in [1.29, 1.82) is 0 Å². The van der Waals surface area contributed by atoms with Crippen LogP contribution in [0.1, 0.15) is 0 Å². The van der Waals surface area contributed by atoms with Crippen LogP contribution in [0.5, 0.6) is 0 Å². The van der Waals surface area contributed by atoms with Crippen LogP contribution in [0.25, 0.3) is 11.0 Å². The Hall–Kier alpha value is -2.65. The fraction of sp³-hybridized carbons (Fsp3) is 0.273. The molecule has 144 valence electrons. The van der Waals surface area contributed by atoms with Crippen molar-refractivity contribution < 1.29 is 0 Å². The minimum absolute atomic E-state index is 0.505. The van der Waals surface area contributed by atoms with Gasteiger partial charge >= 0.3 is 166 Å². The van der Waals surface area contributed by atoms with Crippen LogP contribution in [0.3, 0.4) is 0 Å². The normalized spacial score (nSPS) is 23.1. The van der Waals surface area contributed by atoms with Crippen LogP contribution in [-0.2, 0) is 0 Å². The van der Waals surface area contributed by atoms with Crippen LogP contribution < -0.4 is 10.2 Å². The first-order valence-electron chi connectivity index (χ1n) is 9.69. The monoisotopic (exact) mass is 391 g/mol. The minimum atomic E-state index is -2.12. The molecule has 0 N–H and O–H groups in total. The molecule has 2 heterocycles. The molecule has 1 aliphatic heterocycles. The standard InChI is InChI=1S/C22H26N5P/c1-25(2)16-9-12-18(13-10-16)28(21-14-11-17(26(3)4)15-22(21)28)27-20-8-6-5-7-19(20)23-24-27/h5-15,21-22,28H,1-4H3. The van der Waals surface area contributed by atoms with Gasteiger partial charge in [-0.3, -0.25) is 0 Å². The molecule has 28 heavy (non-hydrogen) atoms. The van der Waals surface area contributed by atoms with Crippen molar-refractivity contribution >= 4 is 29.4 Å². The number of para-hydroxylation sites is 1. The maximum absolute atomic E-state index is 4.70. The van der Waals surface area contributed by atoms with E-state index in [1.54, 1.807) is 0 Å². The van der Waals surface area contributed by atoms with Crippen molar-refractivity contribution in [2.75, 3.05) is 33.1 Å². The van der Waals surface area contributed by atoms with Crippen LogP contribution in [-0.4, -0.2) is 59.2 Å². The Morgan fingerprint density at radius 2 is 1.64 bits per heavy atom. The third-order valence-electron chi connectivity index (χ3n) is 6.18. The molecule has 0 spiro atoms. The van der Waals surface area contributed by atoms with E-state index in [0.717, 1.165) is 11.0 Å². The van der Waals surface area contributed by atoms with Gasteiger partial charge in [0.05, 0.1) is 0 Å². The summed E-state index contributed by atoms with van der Waals surface area (Å²) in [7, 11) is 6.26. The van der Waals surface area contributed by atoms with Gasteiger partial charge in [0.25, 0.3) is 0 Å². The van der Waals surface area contributed by atoms with Crippen LogP contribution in [0.2, 0.25) is 0 Å². The van der Waals surface area contributed by atoms with Gasteiger partial charge in [0.2, 0.25) is 0 Å². The van der Waals surface area contributed by atoms with Crippen molar-refractivity contribution in [2.24, 2.45) is 0 Å². The second kappa shape index (κ2) is 6.18. The molecule has 1 aromatic heterocycles. The Balaban J connectivity index is 1.70. The zero-order valence-corrected chi connectivity index (χ0v) is 17.7. The molecular formula is C22H26N5P. The Labute approximate surface area is 166 Å². The summed E-state index contributed by atoms with van der Waals surface area (Å²) in [6.45, 7) is 0. The van der Waals surface area contributed by atoms with Gasteiger partial charge in [-0.1, -0.05) is 0 Å². The molecule has 0 saturated carbocycles. The predicted molar refractivity (Wildman–Crippen MR) is 120 cm³/mol. The molecule has 5 nitrogen and oxygen atoms in total. The number of hydrogen-bond acceptors (Lipinski definition) is 4. The van der Waals surface area contributed by atoms with E-state index in [1.165, 1.54) is 16.7 Å². The fourth-order valence-corrected chi connectivity index (χ4v) is 10.0. The van der Waals surface area contributed by atoms with E-state index in [1.807, 2.05) is 6.07 Å². The summed E-state index contributed by atoms with van der Waals surface area (Å²) in [5, 5.41) is 10.6. The average Bonchev–Trinajstić information content (AvgIpc) is 3.17. The molecule has 3 aromatic rings. The van der Waals surface area contributed by atoms with Gasteiger partial charge in [0.1, 0.15) is 0 Å². The van der Waals surface area contributed by atoms with Crippen LogP contribution >= 0.6 is 7.41 Å². The molecule has 2 unspecified atom stereocenters. The van der Waals surface area contributed by atoms with Crippen LogP contribution in [0, 0.1) is 0 Å². The summed E-state index contributed by atoms with van der Waals surface area (Å²) < 4.78 is 2.29.